The zero-order chi connectivity index (χ0) is 31.2. The third kappa shape index (κ3) is 10.3. The van der Waals surface area contributed by atoms with E-state index in [1.807, 2.05) is 62.4 Å². The summed E-state index contributed by atoms with van der Waals surface area (Å²) >= 11 is 0. The van der Waals surface area contributed by atoms with Crippen molar-refractivity contribution >= 4 is 22.5 Å². The molecule has 0 aliphatic carbocycles. The quantitative estimate of drug-likeness (QED) is 0.135. The molecule has 0 aliphatic rings. The SMILES string of the molecule is CCCCCCn1c(=O)c(OC/C=C(\C)CCC=C(C)C)c(OCC=C(C)C)c2ccc(NC(=O)c3ccccc3)cc21. The number of allylic oxidation sites excluding steroid dienone is 4. The van der Waals surface area contributed by atoms with Gasteiger partial charge in [0, 0.05) is 23.2 Å². The molecule has 0 saturated heterocycles. The van der Waals surface area contributed by atoms with Crippen molar-refractivity contribution in [2.75, 3.05) is 18.5 Å². The number of unbranched alkanes of at least 4 members (excludes halogenated alkanes) is 3. The average Bonchev–Trinajstić information content (AvgIpc) is 2.97. The van der Waals surface area contributed by atoms with Crippen LogP contribution in [0.3, 0.4) is 0 Å². The van der Waals surface area contributed by atoms with Crippen molar-refractivity contribution < 1.29 is 14.3 Å². The van der Waals surface area contributed by atoms with Crippen LogP contribution < -0.4 is 20.3 Å². The zero-order valence-electron chi connectivity index (χ0n) is 26.8. The van der Waals surface area contributed by atoms with E-state index in [4.69, 9.17) is 9.47 Å². The van der Waals surface area contributed by atoms with Crippen molar-refractivity contribution in [3.8, 4) is 11.5 Å². The molecule has 1 heterocycles. The number of hydrogen-bond acceptors (Lipinski definition) is 4. The second kappa shape index (κ2) is 17.2. The van der Waals surface area contributed by atoms with E-state index < -0.39 is 0 Å². The van der Waals surface area contributed by atoms with Gasteiger partial charge in [0.1, 0.15) is 13.2 Å². The van der Waals surface area contributed by atoms with Gasteiger partial charge in [-0.05, 0) is 96.4 Å². The number of nitrogens with zero attached hydrogens (tertiary/aromatic N) is 1. The summed E-state index contributed by atoms with van der Waals surface area (Å²) in [5.41, 5.74) is 5.31. The predicted molar refractivity (Wildman–Crippen MR) is 180 cm³/mol. The minimum atomic E-state index is -0.224. The number of aryl methyl sites for hydroxylation is 1. The zero-order valence-corrected chi connectivity index (χ0v) is 26.8. The fourth-order valence-corrected chi connectivity index (χ4v) is 4.71. The van der Waals surface area contributed by atoms with Crippen LogP contribution in [0.25, 0.3) is 10.9 Å². The highest BCUT2D eigenvalue weighted by atomic mass is 16.5. The number of aromatic nitrogens is 1. The van der Waals surface area contributed by atoms with Gasteiger partial charge in [0.05, 0.1) is 5.52 Å². The van der Waals surface area contributed by atoms with Crippen LogP contribution in [-0.4, -0.2) is 23.7 Å². The maximum atomic E-state index is 14.1. The molecule has 2 aromatic carbocycles. The number of rotatable bonds is 16. The minimum Gasteiger partial charge on any atom is -0.485 e. The number of ether oxygens (including phenoxy) is 2. The number of anilines is 1. The van der Waals surface area contributed by atoms with Crippen molar-refractivity contribution in [1.82, 2.24) is 4.57 Å². The molecule has 3 aromatic rings. The van der Waals surface area contributed by atoms with E-state index in [0.717, 1.165) is 49.5 Å². The third-order valence-corrected chi connectivity index (χ3v) is 7.18. The molecule has 0 radical (unpaired) electrons. The van der Waals surface area contributed by atoms with Crippen LogP contribution in [0, 0.1) is 0 Å². The lowest BCUT2D eigenvalue weighted by Crippen LogP contribution is -2.24. The summed E-state index contributed by atoms with van der Waals surface area (Å²) in [4.78, 5) is 27.0. The van der Waals surface area contributed by atoms with Gasteiger partial charge in [-0.1, -0.05) is 67.2 Å². The second-order valence-corrected chi connectivity index (χ2v) is 11.5. The number of benzene rings is 2. The summed E-state index contributed by atoms with van der Waals surface area (Å²) in [6, 6.07) is 14.7. The number of hydrogen-bond donors (Lipinski definition) is 1. The Labute approximate surface area is 257 Å². The van der Waals surface area contributed by atoms with Gasteiger partial charge in [-0.3, -0.25) is 9.59 Å². The second-order valence-electron chi connectivity index (χ2n) is 11.5. The van der Waals surface area contributed by atoms with Crippen molar-refractivity contribution in [3.05, 3.63) is 99.4 Å². The molecule has 0 bridgehead atoms. The van der Waals surface area contributed by atoms with Gasteiger partial charge in [0.15, 0.2) is 5.75 Å². The normalized spacial score (nSPS) is 11.3. The molecule has 0 spiro atoms. The summed E-state index contributed by atoms with van der Waals surface area (Å²) in [5, 5.41) is 3.76. The Morgan fingerprint density at radius 2 is 1.53 bits per heavy atom. The summed E-state index contributed by atoms with van der Waals surface area (Å²) in [6.07, 6.45) is 12.3. The third-order valence-electron chi connectivity index (χ3n) is 7.18. The maximum Gasteiger partial charge on any atom is 0.297 e. The summed E-state index contributed by atoms with van der Waals surface area (Å²) in [5.74, 6) is 0.446. The topological polar surface area (TPSA) is 69.6 Å². The molecule has 6 heteroatoms. The van der Waals surface area contributed by atoms with E-state index in [0.29, 0.717) is 35.7 Å². The van der Waals surface area contributed by atoms with Gasteiger partial charge in [0.25, 0.3) is 11.5 Å². The van der Waals surface area contributed by atoms with Crippen LogP contribution in [-0.2, 0) is 6.54 Å². The standard InChI is InChI=1S/C37H48N2O4/c1-7-8-9-13-23-39-33-26-31(38-36(40)30-17-11-10-12-18-30)19-20-32(33)34(42-24-21-28(4)5)35(37(39)41)43-25-22-29(6)16-14-15-27(2)3/h10-12,15,17-22,26H,7-9,13-14,16,23-25H2,1-6H3,(H,38,40)/b29-22+. The van der Waals surface area contributed by atoms with Crippen LogP contribution in [0.15, 0.2) is 88.3 Å². The monoisotopic (exact) mass is 584 g/mol. The lowest BCUT2D eigenvalue weighted by molar-refractivity contribution is 0.102. The lowest BCUT2D eigenvalue weighted by atomic mass is 10.1. The number of nitrogens with one attached hydrogen (secondary N) is 1. The molecule has 1 N–H and O–H groups in total. The van der Waals surface area contributed by atoms with Crippen molar-refractivity contribution in [3.63, 3.8) is 0 Å². The first-order chi connectivity index (χ1) is 20.7. The van der Waals surface area contributed by atoms with Gasteiger partial charge < -0.3 is 19.4 Å². The van der Waals surface area contributed by atoms with Gasteiger partial charge in [-0.15, -0.1) is 0 Å². The largest absolute Gasteiger partial charge is 0.485 e. The van der Waals surface area contributed by atoms with E-state index in [9.17, 15) is 9.59 Å². The molecule has 3 rings (SSSR count). The Hall–Kier alpha value is -4.06. The number of carbonyl (C=O) groups is 1. The van der Waals surface area contributed by atoms with E-state index in [1.54, 1.807) is 16.7 Å². The van der Waals surface area contributed by atoms with Crippen LogP contribution in [0.1, 0.15) is 90.4 Å². The molecule has 1 aromatic heterocycles. The smallest absolute Gasteiger partial charge is 0.297 e. The van der Waals surface area contributed by atoms with Gasteiger partial charge >= 0.3 is 0 Å². The summed E-state index contributed by atoms with van der Waals surface area (Å²) < 4.78 is 14.2. The Balaban J connectivity index is 2.05. The highest BCUT2D eigenvalue weighted by Crippen LogP contribution is 2.35. The number of carbonyl (C=O) groups excluding carboxylic acids is 1. The Morgan fingerprint density at radius 1 is 0.837 bits per heavy atom. The van der Waals surface area contributed by atoms with Crippen molar-refractivity contribution in [2.24, 2.45) is 0 Å². The Kier molecular flexibility index (Phi) is 13.3. The molecule has 1 amide bonds. The van der Waals surface area contributed by atoms with E-state index in [-0.39, 0.29) is 23.8 Å². The molecule has 6 nitrogen and oxygen atoms in total. The maximum absolute atomic E-state index is 14.1. The van der Waals surface area contributed by atoms with Crippen LogP contribution in [0.2, 0.25) is 0 Å². The number of amides is 1. The Bertz CT molecular complexity index is 1510. The molecule has 0 saturated carbocycles. The average molecular weight is 585 g/mol. The minimum absolute atomic E-state index is 0.205. The molecular formula is C37H48N2O4. The number of fused-ring (bicyclic) bond motifs is 1. The van der Waals surface area contributed by atoms with Crippen molar-refractivity contribution in [1.29, 1.82) is 0 Å². The van der Waals surface area contributed by atoms with Crippen LogP contribution in [0.4, 0.5) is 5.69 Å². The predicted octanol–water partition coefficient (Wildman–Crippen LogP) is 9.25. The van der Waals surface area contributed by atoms with Crippen molar-refractivity contribution in [2.45, 2.75) is 86.6 Å². The molecule has 0 aliphatic heterocycles. The highest BCUT2D eigenvalue weighted by molar-refractivity contribution is 6.05. The highest BCUT2D eigenvalue weighted by Gasteiger charge is 2.20. The molecular weight excluding hydrogens is 536 g/mol. The fraction of sp³-hybridized carbons (Fsp3) is 0.405. The first kappa shape index (κ1) is 33.4. The molecule has 230 valence electrons. The van der Waals surface area contributed by atoms with Crippen LogP contribution >= 0.6 is 0 Å². The number of pyridine rings is 1. The first-order valence-electron chi connectivity index (χ1n) is 15.5. The molecule has 0 unspecified atom stereocenters. The van der Waals surface area contributed by atoms with Crippen LogP contribution in [0.5, 0.6) is 11.5 Å². The summed E-state index contributed by atoms with van der Waals surface area (Å²) in [7, 11) is 0. The van der Waals surface area contributed by atoms with E-state index in [1.165, 1.54) is 11.1 Å². The molecule has 0 fully saturated rings. The first-order valence-corrected chi connectivity index (χ1v) is 15.5. The summed E-state index contributed by atoms with van der Waals surface area (Å²) in [6.45, 7) is 13.6. The Morgan fingerprint density at radius 3 is 2.23 bits per heavy atom. The lowest BCUT2D eigenvalue weighted by Gasteiger charge is -2.19. The van der Waals surface area contributed by atoms with Gasteiger partial charge in [-0.25, -0.2) is 0 Å². The van der Waals surface area contributed by atoms with E-state index in [2.05, 4.69) is 39.1 Å². The van der Waals surface area contributed by atoms with Gasteiger partial charge in [0.2, 0.25) is 5.75 Å². The van der Waals surface area contributed by atoms with Gasteiger partial charge in [-0.2, -0.15) is 0 Å². The molecule has 43 heavy (non-hydrogen) atoms. The van der Waals surface area contributed by atoms with E-state index >= 15 is 0 Å². The fourth-order valence-electron chi connectivity index (χ4n) is 4.71. The molecule has 0 atom stereocenters.